The van der Waals surface area contributed by atoms with Gasteiger partial charge >= 0.3 is 0 Å². The van der Waals surface area contributed by atoms with Crippen molar-refractivity contribution in [3.8, 4) is 5.06 Å². The van der Waals surface area contributed by atoms with Gasteiger partial charge in [-0.05, 0) is 29.9 Å². The second kappa shape index (κ2) is 3.24. The van der Waals surface area contributed by atoms with E-state index in [9.17, 15) is 5.11 Å². The Morgan fingerprint density at radius 1 is 1.57 bits per heavy atom. The summed E-state index contributed by atoms with van der Waals surface area (Å²) < 4.78 is 5.10. The minimum atomic E-state index is -0.307. The van der Waals surface area contributed by atoms with Gasteiger partial charge in [0.15, 0.2) is 5.06 Å². The smallest absolute Gasteiger partial charge is 0.173 e. The van der Waals surface area contributed by atoms with Crippen molar-refractivity contribution in [3.05, 3.63) is 17.0 Å². The van der Waals surface area contributed by atoms with Gasteiger partial charge in [-0.25, -0.2) is 0 Å². The Morgan fingerprint density at radius 3 is 2.64 bits per heavy atom. The van der Waals surface area contributed by atoms with Crippen LogP contribution in [-0.4, -0.2) is 12.2 Å². The van der Waals surface area contributed by atoms with Crippen LogP contribution in [0.15, 0.2) is 12.1 Å². The molecule has 1 N–H and O–H groups in total. The Bertz CT molecular complexity index is 330. The summed E-state index contributed by atoms with van der Waals surface area (Å²) in [6, 6.07) is 3.88. The van der Waals surface area contributed by atoms with Crippen LogP contribution in [0.1, 0.15) is 31.2 Å². The molecule has 0 saturated heterocycles. The van der Waals surface area contributed by atoms with Crippen molar-refractivity contribution >= 4 is 11.3 Å². The zero-order valence-corrected chi connectivity index (χ0v) is 9.60. The van der Waals surface area contributed by atoms with Crippen LogP contribution in [0.3, 0.4) is 0 Å². The zero-order valence-electron chi connectivity index (χ0n) is 8.78. The molecule has 0 radical (unpaired) electrons. The molecule has 2 rings (SSSR count). The molecule has 2 unspecified atom stereocenters. The van der Waals surface area contributed by atoms with Crippen molar-refractivity contribution in [2.24, 2.45) is 11.3 Å². The predicted octanol–water partition coefficient (Wildman–Crippen LogP) is 2.84. The first kappa shape index (κ1) is 9.99. The normalized spacial score (nSPS) is 25.9. The van der Waals surface area contributed by atoms with E-state index in [1.807, 2.05) is 12.1 Å². The largest absolute Gasteiger partial charge is 0.487 e. The van der Waals surface area contributed by atoms with Crippen LogP contribution in [0.2, 0.25) is 0 Å². The van der Waals surface area contributed by atoms with Crippen molar-refractivity contribution < 1.29 is 9.84 Å². The van der Waals surface area contributed by atoms with Crippen LogP contribution in [0, 0.1) is 11.3 Å². The maximum Gasteiger partial charge on any atom is 0.173 e. The Labute approximate surface area is 88.5 Å². The lowest BCUT2D eigenvalue weighted by Gasteiger charge is -2.09. The van der Waals surface area contributed by atoms with Crippen LogP contribution < -0.4 is 4.74 Å². The van der Waals surface area contributed by atoms with Crippen molar-refractivity contribution in [1.29, 1.82) is 0 Å². The SMILES string of the molecule is COc1ccc(C(O)C2CC2(C)C)s1. The topological polar surface area (TPSA) is 29.5 Å². The van der Waals surface area contributed by atoms with Crippen LogP contribution in [0.5, 0.6) is 5.06 Å². The minimum absolute atomic E-state index is 0.307. The summed E-state index contributed by atoms with van der Waals surface area (Å²) in [5.74, 6) is 0.422. The standard InChI is InChI=1S/C11H16O2S/c1-11(2)6-7(11)10(12)8-4-5-9(13-3)14-8/h4-5,7,10,12H,6H2,1-3H3. The van der Waals surface area contributed by atoms with E-state index in [4.69, 9.17) is 4.74 Å². The van der Waals surface area contributed by atoms with Gasteiger partial charge in [-0.15, -0.1) is 11.3 Å². The Kier molecular flexibility index (Phi) is 2.32. The van der Waals surface area contributed by atoms with Crippen LogP contribution in [0.4, 0.5) is 0 Å². The Hall–Kier alpha value is -0.540. The van der Waals surface area contributed by atoms with Gasteiger partial charge in [0.25, 0.3) is 0 Å². The second-order valence-corrected chi connectivity index (χ2v) is 5.68. The van der Waals surface area contributed by atoms with Crippen molar-refractivity contribution in [2.45, 2.75) is 26.4 Å². The molecule has 0 spiro atoms. The average molecular weight is 212 g/mol. The fraction of sp³-hybridized carbons (Fsp3) is 0.636. The Balaban J connectivity index is 2.08. The average Bonchev–Trinajstić information content (AvgIpc) is 2.64. The fourth-order valence-electron chi connectivity index (χ4n) is 1.85. The number of rotatable bonds is 3. The molecule has 0 bridgehead atoms. The van der Waals surface area contributed by atoms with E-state index < -0.39 is 0 Å². The van der Waals surface area contributed by atoms with Crippen LogP contribution >= 0.6 is 11.3 Å². The zero-order chi connectivity index (χ0) is 10.3. The molecule has 1 saturated carbocycles. The molecule has 1 aromatic rings. The number of thiophene rings is 1. The molecule has 1 aliphatic rings. The molecule has 1 aliphatic carbocycles. The van der Waals surface area contributed by atoms with E-state index >= 15 is 0 Å². The number of hydrogen-bond donors (Lipinski definition) is 1. The van der Waals surface area contributed by atoms with Gasteiger partial charge in [0.1, 0.15) is 0 Å². The lowest BCUT2D eigenvalue weighted by Crippen LogP contribution is -2.02. The van der Waals surface area contributed by atoms with Crippen molar-refractivity contribution in [1.82, 2.24) is 0 Å². The highest BCUT2D eigenvalue weighted by Gasteiger charge is 2.50. The highest BCUT2D eigenvalue weighted by atomic mass is 32.1. The van der Waals surface area contributed by atoms with E-state index in [-0.39, 0.29) is 6.10 Å². The summed E-state index contributed by atoms with van der Waals surface area (Å²) in [5, 5.41) is 10.9. The predicted molar refractivity (Wildman–Crippen MR) is 57.7 cm³/mol. The molecule has 1 heterocycles. The van der Waals surface area contributed by atoms with Gasteiger partial charge in [-0.3, -0.25) is 0 Å². The third-order valence-electron chi connectivity index (χ3n) is 3.07. The summed E-state index contributed by atoms with van der Waals surface area (Å²) in [4.78, 5) is 1.03. The molecule has 14 heavy (non-hydrogen) atoms. The van der Waals surface area contributed by atoms with Crippen molar-refractivity contribution in [3.63, 3.8) is 0 Å². The maximum absolute atomic E-state index is 10.1. The van der Waals surface area contributed by atoms with Gasteiger partial charge < -0.3 is 9.84 Å². The van der Waals surface area contributed by atoms with Gasteiger partial charge in [0, 0.05) is 4.88 Å². The second-order valence-electron chi connectivity index (χ2n) is 4.60. The lowest BCUT2D eigenvalue weighted by molar-refractivity contribution is 0.142. The number of aliphatic hydroxyl groups is 1. The van der Waals surface area contributed by atoms with Crippen molar-refractivity contribution in [2.75, 3.05) is 7.11 Å². The van der Waals surface area contributed by atoms with Gasteiger partial charge in [-0.2, -0.15) is 0 Å². The van der Waals surface area contributed by atoms with Gasteiger partial charge in [0.2, 0.25) is 0 Å². The molecule has 0 amide bonds. The molecule has 0 aliphatic heterocycles. The van der Waals surface area contributed by atoms with Crippen LogP contribution in [0.25, 0.3) is 0 Å². The quantitative estimate of drug-likeness (QED) is 0.834. The van der Waals surface area contributed by atoms with E-state index in [2.05, 4.69) is 13.8 Å². The Morgan fingerprint density at radius 2 is 2.21 bits per heavy atom. The third-order valence-corrected chi connectivity index (χ3v) is 4.18. The first-order valence-corrected chi connectivity index (χ1v) is 5.68. The minimum Gasteiger partial charge on any atom is -0.487 e. The molecule has 3 heteroatoms. The number of ether oxygens (including phenoxy) is 1. The summed E-state index contributed by atoms with van der Waals surface area (Å²) in [5.41, 5.74) is 0.316. The van der Waals surface area contributed by atoms with Gasteiger partial charge in [-0.1, -0.05) is 13.8 Å². The summed E-state index contributed by atoms with van der Waals surface area (Å²) >= 11 is 1.54. The molecule has 2 nitrogen and oxygen atoms in total. The molecular formula is C11H16O2S. The molecule has 78 valence electrons. The monoisotopic (exact) mass is 212 g/mol. The highest BCUT2D eigenvalue weighted by molar-refractivity contribution is 7.13. The van der Waals surface area contributed by atoms with E-state index in [0.717, 1.165) is 16.4 Å². The third kappa shape index (κ3) is 1.66. The first-order valence-electron chi connectivity index (χ1n) is 4.86. The highest BCUT2D eigenvalue weighted by Crippen LogP contribution is 2.58. The molecule has 0 aromatic carbocycles. The first-order chi connectivity index (χ1) is 6.54. The molecule has 1 aromatic heterocycles. The fourth-order valence-corrected chi connectivity index (χ4v) is 2.72. The van der Waals surface area contributed by atoms with Gasteiger partial charge in [0.05, 0.1) is 13.2 Å². The molecule has 2 atom stereocenters. The number of methoxy groups -OCH3 is 1. The molecule has 1 fully saturated rings. The maximum atomic E-state index is 10.1. The van der Waals surface area contributed by atoms with E-state index in [1.54, 1.807) is 7.11 Å². The summed E-state index contributed by atoms with van der Waals surface area (Å²) in [7, 11) is 1.66. The number of aliphatic hydroxyl groups excluding tert-OH is 1. The van der Waals surface area contributed by atoms with E-state index in [1.165, 1.54) is 11.3 Å². The summed E-state index contributed by atoms with van der Waals surface area (Å²) in [6.07, 6.45) is 0.813. The van der Waals surface area contributed by atoms with Crippen LogP contribution in [-0.2, 0) is 0 Å². The number of hydrogen-bond acceptors (Lipinski definition) is 3. The molecular weight excluding hydrogens is 196 g/mol. The summed E-state index contributed by atoms with van der Waals surface area (Å²) in [6.45, 7) is 4.40. The lowest BCUT2D eigenvalue weighted by atomic mass is 10.1. The van der Waals surface area contributed by atoms with E-state index in [0.29, 0.717) is 11.3 Å².